The molecule has 0 radical (unpaired) electrons. The first-order chi connectivity index (χ1) is 17.4. The minimum atomic E-state index is -1.39. The van der Waals surface area contributed by atoms with Gasteiger partial charge in [0, 0.05) is 29.9 Å². The number of halogens is 1. The lowest BCUT2D eigenvalue weighted by atomic mass is 10.1. The van der Waals surface area contributed by atoms with E-state index in [1.54, 1.807) is 4.90 Å². The van der Waals surface area contributed by atoms with E-state index in [1.165, 1.54) is 24.5 Å². The number of carboxylic acid groups (broad SMARTS) is 1. The van der Waals surface area contributed by atoms with Gasteiger partial charge in [0.15, 0.2) is 0 Å². The van der Waals surface area contributed by atoms with Crippen LogP contribution in [0.4, 0.5) is 14.9 Å². The molecular weight excluding hydrogens is 455 g/mol. The third-order valence-corrected chi connectivity index (χ3v) is 5.68. The van der Waals surface area contributed by atoms with Crippen LogP contribution < -0.4 is 5.32 Å². The average Bonchev–Trinajstić information content (AvgIpc) is 2.88. The van der Waals surface area contributed by atoms with Crippen LogP contribution in [0.3, 0.4) is 0 Å². The highest BCUT2D eigenvalue weighted by molar-refractivity contribution is 5.93. The summed E-state index contributed by atoms with van der Waals surface area (Å²) < 4.78 is 13.7. The smallest absolute Gasteiger partial charge is 0.338 e. The second kappa shape index (κ2) is 13.1. The molecule has 186 valence electrons. The Morgan fingerprint density at radius 2 is 1.50 bits per heavy atom. The van der Waals surface area contributed by atoms with Gasteiger partial charge in [-0.2, -0.15) is 0 Å². The number of carboxylic acids is 1. The van der Waals surface area contributed by atoms with Crippen LogP contribution in [0.25, 0.3) is 0 Å². The van der Waals surface area contributed by atoms with Crippen molar-refractivity contribution >= 4 is 17.7 Å². The second-order valence-corrected chi connectivity index (χ2v) is 8.60. The number of carbonyl (C=O) groups is 2. The molecule has 0 unspecified atom stereocenters. The van der Waals surface area contributed by atoms with E-state index in [2.05, 4.69) is 36.2 Å². The van der Waals surface area contributed by atoms with E-state index in [0.717, 1.165) is 41.7 Å². The van der Waals surface area contributed by atoms with Crippen molar-refractivity contribution in [2.75, 3.05) is 11.9 Å². The highest BCUT2D eigenvalue weighted by atomic mass is 19.1. The molecule has 36 heavy (non-hydrogen) atoms. The number of anilines is 1. The van der Waals surface area contributed by atoms with Crippen molar-refractivity contribution in [2.45, 2.75) is 46.1 Å². The summed E-state index contributed by atoms with van der Waals surface area (Å²) in [6.45, 7) is 5.04. The Morgan fingerprint density at radius 1 is 0.889 bits per heavy atom. The zero-order valence-electron chi connectivity index (χ0n) is 20.7. The minimum Gasteiger partial charge on any atom is -0.478 e. The molecule has 3 aromatic rings. The van der Waals surface area contributed by atoms with E-state index in [0.29, 0.717) is 13.1 Å². The molecule has 6 heteroatoms. The third kappa shape index (κ3) is 7.71. The normalized spacial score (nSPS) is 10.3. The number of nitrogens with one attached hydrogen (secondary N) is 1. The summed E-state index contributed by atoms with van der Waals surface area (Å²) in [5.74, 6) is 4.14. The van der Waals surface area contributed by atoms with Gasteiger partial charge in [0.25, 0.3) is 0 Å². The van der Waals surface area contributed by atoms with Crippen molar-refractivity contribution in [1.29, 1.82) is 0 Å². The minimum absolute atomic E-state index is 0.226. The molecule has 0 heterocycles. The lowest BCUT2D eigenvalue weighted by Gasteiger charge is -2.23. The summed E-state index contributed by atoms with van der Waals surface area (Å²) in [4.78, 5) is 25.6. The molecule has 5 nitrogen and oxygen atoms in total. The Kier molecular flexibility index (Phi) is 9.64. The van der Waals surface area contributed by atoms with Gasteiger partial charge >= 0.3 is 12.0 Å². The Balaban J connectivity index is 1.64. The van der Waals surface area contributed by atoms with Gasteiger partial charge in [0.2, 0.25) is 0 Å². The van der Waals surface area contributed by atoms with Crippen LogP contribution in [0.2, 0.25) is 0 Å². The maximum atomic E-state index is 13.7. The van der Waals surface area contributed by atoms with Gasteiger partial charge in [-0.15, -0.1) is 0 Å². The Morgan fingerprint density at radius 3 is 2.06 bits per heavy atom. The molecule has 0 saturated carbocycles. The number of nitrogens with zero attached hydrogens (tertiary/aromatic N) is 1. The largest absolute Gasteiger partial charge is 0.478 e. The first-order valence-corrected chi connectivity index (χ1v) is 12.2. The summed E-state index contributed by atoms with van der Waals surface area (Å²) in [6, 6.07) is 19.2. The fourth-order valence-corrected chi connectivity index (χ4v) is 3.69. The first kappa shape index (κ1) is 26.5. The molecule has 0 atom stereocenters. The lowest BCUT2D eigenvalue weighted by Crippen LogP contribution is -2.35. The van der Waals surface area contributed by atoms with Crippen molar-refractivity contribution in [1.82, 2.24) is 4.90 Å². The van der Waals surface area contributed by atoms with Gasteiger partial charge in [0.05, 0.1) is 5.56 Å². The van der Waals surface area contributed by atoms with E-state index in [1.807, 2.05) is 43.3 Å². The SMILES string of the molecule is CCCCc1ccc(C#Cc2ccc(CN(CCC)C(=O)Nc3ccc(F)c(C(=O)O)c3)cc2)cc1. The molecule has 0 saturated heterocycles. The van der Waals surface area contributed by atoms with E-state index in [4.69, 9.17) is 5.11 Å². The van der Waals surface area contributed by atoms with E-state index < -0.39 is 17.3 Å². The highest BCUT2D eigenvalue weighted by Gasteiger charge is 2.16. The molecule has 0 aromatic heterocycles. The number of rotatable bonds is 9. The summed E-state index contributed by atoms with van der Waals surface area (Å²) in [5, 5.41) is 11.8. The quantitative estimate of drug-likeness (QED) is 0.330. The van der Waals surface area contributed by atoms with Crippen LogP contribution in [0.15, 0.2) is 66.7 Å². The van der Waals surface area contributed by atoms with Crippen LogP contribution >= 0.6 is 0 Å². The number of hydrogen-bond acceptors (Lipinski definition) is 2. The Bertz CT molecular complexity index is 1240. The zero-order chi connectivity index (χ0) is 25.9. The number of urea groups is 1. The van der Waals surface area contributed by atoms with E-state index in [-0.39, 0.29) is 11.7 Å². The average molecular weight is 487 g/mol. The van der Waals surface area contributed by atoms with Crippen molar-refractivity contribution in [3.05, 3.63) is 100 Å². The van der Waals surface area contributed by atoms with Crippen LogP contribution in [0.5, 0.6) is 0 Å². The summed E-state index contributed by atoms with van der Waals surface area (Å²) in [7, 11) is 0. The van der Waals surface area contributed by atoms with Crippen molar-refractivity contribution in [3.8, 4) is 11.8 Å². The zero-order valence-corrected chi connectivity index (χ0v) is 20.7. The van der Waals surface area contributed by atoms with Gasteiger partial charge in [-0.1, -0.05) is 56.4 Å². The highest BCUT2D eigenvalue weighted by Crippen LogP contribution is 2.17. The van der Waals surface area contributed by atoms with Gasteiger partial charge < -0.3 is 15.3 Å². The molecule has 3 aromatic carbocycles. The number of unbranched alkanes of at least 4 members (excludes halogenated alkanes) is 1. The van der Waals surface area contributed by atoms with Crippen LogP contribution in [0, 0.1) is 17.7 Å². The van der Waals surface area contributed by atoms with E-state index >= 15 is 0 Å². The number of carbonyl (C=O) groups excluding carboxylic acids is 1. The van der Waals surface area contributed by atoms with Gasteiger partial charge in [-0.25, -0.2) is 14.0 Å². The Labute approximate surface area is 212 Å². The standard InChI is InChI=1S/C30H31FN2O3/c1-3-5-6-22-7-9-23(10-8-22)11-12-24-13-15-25(16-14-24)21-33(19-4-2)30(36)32-26-17-18-28(31)27(20-26)29(34)35/h7-10,13-18,20H,3-6,19,21H2,1-2H3,(H,32,36)(H,34,35). The number of hydrogen-bond donors (Lipinski definition) is 2. The molecule has 0 spiro atoms. The fourth-order valence-electron chi connectivity index (χ4n) is 3.69. The van der Waals surface area contributed by atoms with Crippen LogP contribution in [-0.4, -0.2) is 28.6 Å². The van der Waals surface area contributed by atoms with Crippen LogP contribution in [0.1, 0.15) is 65.7 Å². The maximum Gasteiger partial charge on any atom is 0.338 e. The number of benzene rings is 3. The number of aromatic carboxylic acids is 1. The molecule has 3 rings (SSSR count). The lowest BCUT2D eigenvalue weighted by molar-refractivity contribution is 0.0692. The number of aryl methyl sites for hydroxylation is 1. The summed E-state index contributed by atoms with van der Waals surface area (Å²) >= 11 is 0. The summed E-state index contributed by atoms with van der Waals surface area (Å²) in [6.07, 6.45) is 4.21. The third-order valence-electron chi connectivity index (χ3n) is 5.68. The topological polar surface area (TPSA) is 69.6 Å². The molecule has 0 fully saturated rings. The number of amides is 2. The van der Waals surface area contributed by atoms with Crippen LogP contribution in [-0.2, 0) is 13.0 Å². The van der Waals surface area contributed by atoms with Gasteiger partial charge in [0.1, 0.15) is 5.82 Å². The van der Waals surface area contributed by atoms with Gasteiger partial charge in [-0.05, 0) is 72.9 Å². The Hall–Kier alpha value is -4.11. The summed E-state index contributed by atoms with van der Waals surface area (Å²) in [5.41, 5.74) is 3.86. The predicted octanol–water partition coefficient (Wildman–Crippen LogP) is 6.71. The monoisotopic (exact) mass is 486 g/mol. The van der Waals surface area contributed by atoms with Gasteiger partial charge in [-0.3, -0.25) is 0 Å². The van der Waals surface area contributed by atoms with Crippen molar-refractivity contribution in [3.63, 3.8) is 0 Å². The fraction of sp³-hybridized carbons (Fsp3) is 0.267. The van der Waals surface area contributed by atoms with Crippen molar-refractivity contribution < 1.29 is 19.1 Å². The van der Waals surface area contributed by atoms with Crippen molar-refractivity contribution in [2.24, 2.45) is 0 Å². The molecule has 0 aliphatic heterocycles. The molecule has 2 N–H and O–H groups in total. The van der Waals surface area contributed by atoms with E-state index in [9.17, 15) is 14.0 Å². The molecule has 0 aliphatic carbocycles. The second-order valence-electron chi connectivity index (χ2n) is 8.60. The molecule has 0 aliphatic rings. The first-order valence-electron chi connectivity index (χ1n) is 12.2. The molecule has 0 bridgehead atoms. The maximum absolute atomic E-state index is 13.7. The molecular formula is C30H31FN2O3. The molecule has 2 amide bonds. The predicted molar refractivity (Wildman–Crippen MR) is 141 cm³/mol.